The number of aromatic nitrogens is 2. The van der Waals surface area contributed by atoms with Gasteiger partial charge in [-0.05, 0) is 81.1 Å². The number of nitrogens with zero attached hydrogens (tertiary/aromatic N) is 2. The first kappa shape index (κ1) is 27.5. The van der Waals surface area contributed by atoms with Gasteiger partial charge in [0.25, 0.3) is 0 Å². The van der Waals surface area contributed by atoms with E-state index in [0.717, 1.165) is 23.6 Å². The highest BCUT2D eigenvalue weighted by molar-refractivity contribution is 7.99. The topological polar surface area (TPSA) is 34.9 Å². The van der Waals surface area contributed by atoms with Crippen molar-refractivity contribution in [1.29, 1.82) is 0 Å². The molecule has 8 heteroatoms. The largest absolute Gasteiger partial charge is 0.419 e. The van der Waals surface area contributed by atoms with E-state index in [2.05, 4.69) is 43.0 Å². The molecule has 1 aromatic carbocycles. The average Bonchev–Trinajstić information content (AvgIpc) is 3.52. The van der Waals surface area contributed by atoms with Crippen molar-refractivity contribution in [2.45, 2.75) is 77.3 Å². The highest BCUT2D eigenvalue weighted by Gasteiger charge is 2.34. The van der Waals surface area contributed by atoms with E-state index in [1.54, 1.807) is 0 Å². The number of carbonyl (C=O) groups is 1. The first-order valence-electron chi connectivity index (χ1n) is 12.1. The lowest BCUT2D eigenvalue weighted by Gasteiger charge is -2.24. The molecule has 35 heavy (non-hydrogen) atoms. The normalized spacial score (nSPS) is 17.5. The number of halogens is 4. The zero-order valence-corrected chi connectivity index (χ0v) is 21.4. The Morgan fingerprint density at radius 1 is 1.20 bits per heavy atom. The third-order valence-corrected chi connectivity index (χ3v) is 7.47. The average molecular weight is 511 g/mol. The predicted molar refractivity (Wildman–Crippen MR) is 134 cm³/mol. The molecule has 0 bridgehead atoms. The zero-order valence-electron chi connectivity index (χ0n) is 20.6. The van der Waals surface area contributed by atoms with E-state index in [1.165, 1.54) is 68.1 Å². The van der Waals surface area contributed by atoms with Crippen LogP contribution in [0.25, 0.3) is 5.70 Å². The molecule has 2 fully saturated rings. The SMILES string of the molecule is C=C(C)n1cc(C2CC2)nc1C(C)CC1CCSCC1.CC(=O)Cc1ccc(F)c(C(F)(F)F)c1. The Morgan fingerprint density at radius 2 is 1.86 bits per heavy atom. The number of carbonyl (C=O) groups excluding carboxylic acids is 1. The van der Waals surface area contributed by atoms with E-state index >= 15 is 0 Å². The molecule has 0 amide bonds. The molecule has 1 unspecified atom stereocenters. The van der Waals surface area contributed by atoms with Crippen LogP contribution < -0.4 is 0 Å². The quantitative estimate of drug-likeness (QED) is 0.356. The molecule has 1 saturated heterocycles. The number of ketones is 1. The molecule has 4 rings (SSSR count). The second kappa shape index (κ2) is 11.8. The molecule has 1 saturated carbocycles. The Labute approximate surface area is 209 Å². The minimum Gasteiger partial charge on any atom is -0.308 e. The van der Waals surface area contributed by atoms with Gasteiger partial charge in [-0.3, -0.25) is 4.79 Å². The van der Waals surface area contributed by atoms with Crippen molar-refractivity contribution in [3.05, 3.63) is 59.4 Å². The number of hydrogen-bond acceptors (Lipinski definition) is 3. The van der Waals surface area contributed by atoms with Crippen LogP contribution in [0.3, 0.4) is 0 Å². The molecular formula is C27H34F4N2OS. The molecule has 2 aliphatic rings. The Hall–Kier alpha value is -2.09. The molecule has 1 aliphatic heterocycles. The first-order valence-corrected chi connectivity index (χ1v) is 13.3. The highest BCUT2D eigenvalue weighted by Crippen LogP contribution is 2.41. The van der Waals surface area contributed by atoms with Crippen LogP contribution in [-0.2, 0) is 17.4 Å². The zero-order chi connectivity index (χ0) is 25.8. The summed E-state index contributed by atoms with van der Waals surface area (Å²) in [5.41, 5.74) is 1.23. The van der Waals surface area contributed by atoms with Gasteiger partial charge in [-0.25, -0.2) is 9.37 Å². The number of benzene rings is 1. The summed E-state index contributed by atoms with van der Waals surface area (Å²) in [6, 6.07) is 2.56. The van der Waals surface area contributed by atoms with Crippen molar-refractivity contribution in [1.82, 2.24) is 9.55 Å². The second-order valence-corrected chi connectivity index (χ2v) is 11.0. The molecule has 2 heterocycles. The van der Waals surface area contributed by atoms with Gasteiger partial charge < -0.3 is 4.57 Å². The van der Waals surface area contributed by atoms with Gasteiger partial charge in [-0.2, -0.15) is 24.9 Å². The summed E-state index contributed by atoms with van der Waals surface area (Å²) < 4.78 is 51.8. The van der Waals surface area contributed by atoms with Crippen LogP contribution in [0.2, 0.25) is 0 Å². The molecule has 0 N–H and O–H groups in total. The Kier molecular flexibility index (Phi) is 9.24. The first-order chi connectivity index (χ1) is 16.5. The molecule has 1 aromatic heterocycles. The number of rotatable bonds is 7. The van der Waals surface area contributed by atoms with Crippen LogP contribution in [0.4, 0.5) is 17.6 Å². The number of Topliss-reactive ketones (excluding diaryl/α,β-unsaturated/α-hetero) is 1. The van der Waals surface area contributed by atoms with Crippen LogP contribution in [0.15, 0.2) is 31.0 Å². The fraction of sp³-hybridized carbons (Fsp3) is 0.556. The standard InChI is InChI=1S/C17H26N2S.C10H8F4O/c1-12(2)19-11-16(15-4-5-15)18-17(19)13(3)10-14-6-8-20-9-7-14;1-6(15)4-7-2-3-9(11)8(5-7)10(12,13)14/h11,13-15H,1,4-10H2,2-3H3;2-3,5H,4H2,1H3. The van der Waals surface area contributed by atoms with Crippen LogP contribution in [0, 0.1) is 11.7 Å². The minimum absolute atomic E-state index is 0.122. The number of allylic oxidation sites excluding steroid dienone is 1. The smallest absolute Gasteiger partial charge is 0.308 e. The molecule has 3 nitrogen and oxygen atoms in total. The Balaban J connectivity index is 0.000000205. The van der Waals surface area contributed by atoms with Crippen molar-refractivity contribution in [3.63, 3.8) is 0 Å². The number of imidazole rings is 1. The van der Waals surface area contributed by atoms with Crippen molar-refractivity contribution >= 4 is 23.2 Å². The van der Waals surface area contributed by atoms with Crippen molar-refractivity contribution < 1.29 is 22.4 Å². The minimum atomic E-state index is -4.73. The highest BCUT2D eigenvalue weighted by atomic mass is 32.2. The lowest BCUT2D eigenvalue weighted by atomic mass is 9.91. The van der Waals surface area contributed by atoms with Crippen LogP contribution in [-0.4, -0.2) is 26.8 Å². The van der Waals surface area contributed by atoms with Gasteiger partial charge in [0.2, 0.25) is 0 Å². The van der Waals surface area contributed by atoms with Crippen molar-refractivity contribution in [2.75, 3.05) is 11.5 Å². The van der Waals surface area contributed by atoms with Crippen LogP contribution >= 0.6 is 11.8 Å². The maximum atomic E-state index is 12.8. The molecule has 0 radical (unpaired) electrons. The fourth-order valence-corrected chi connectivity index (χ4v) is 5.62. The lowest BCUT2D eigenvalue weighted by molar-refractivity contribution is -0.140. The molecule has 1 atom stereocenters. The predicted octanol–water partition coefficient (Wildman–Crippen LogP) is 7.86. The van der Waals surface area contributed by atoms with E-state index in [9.17, 15) is 22.4 Å². The van der Waals surface area contributed by atoms with Crippen LogP contribution in [0.1, 0.15) is 87.4 Å². The second-order valence-electron chi connectivity index (χ2n) is 9.79. The molecule has 1 aliphatic carbocycles. The van der Waals surface area contributed by atoms with Crippen LogP contribution in [0.5, 0.6) is 0 Å². The van der Waals surface area contributed by atoms with E-state index in [0.29, 0.717) is 12.0 Å². The summed E-state index contributed by atoms with van der Waals surface area (Å²) in [5, 5.41) is 0. The Morgan fingerprint density at radius 3 is 2.40 bits per heavy atom. The third kappa shape index (κ3) is 7.95. The summed E-state index contributed by atoms with van der Waals surface area (Å²) in [6.45, 7) is 9.83. The van der Waals surface area contributed by atoms with Gasteiger partial charge in [0.05, 0.1) is 11.3 Å². The summed E-state index contributed by atoms with van der Waals surface area (Å²) in [7, 11) is 0. The van der Waals surface area contributed by atoms with Gasteiger partial charge in [0, 0.05) is 30.2 Å². The van der Waals surface area contributed by atoms with E-state index < -0.39 is 17.6 Å². The molecular weight excluding hydrogens is 476 g/mol. The Bertz CT molecular complexity index is 1040. The molecule has 2 aromatic rings. The van der Waals surface area contributed by atoms with Gasteiger partial charge in [-0.15, -0.1) is 0 Å². The summed E-state index contributed by atoms with van der Waals surface area (Å²) in [5.74, 6) is 4.52. The van der Waals surface area contributed by atoms with Crippen molar-refractivity contribution in [2.24, 2.45) is 5.92 Å². The molecule has 0 spiro atoms. The summed E-state index contributed by atoms with van der Waals surface area (Å²) in [4.78, 5) is 15.6. The van der Waals surface area contributed by atoms with E-state index in [-0.39, 0.29) is 17.8 Å². The van der Waals surface area contributed by atoms with Gasteiger partial charge >= 0.3 is 6.18 Å². The number of thioether (sulfide) groups is 1. The third-order valence-electron chi connectivity index (χ3n) is 6.42. The van der Waals surface area contributed by atoms with Gasteiger partial charge in [-0.1, -0.05) is 19.6 Å². The van der Waals surface area contributed by atoms with Gasteiger partial charge in [0.1, 0.15) is 17.4 Å². The lowest BCUT2D eigenvalue weighted by Crippen LogP contribution is -2.14. The van der Waals surface area contributed by atoms with Gasteiger partial charge in [0.15, 0.2) is 0 Å². The summed E-state index contributed by atoms with van der Waals surface area (Å²) in [6.07, 6.45) is 4.09. The summed E-state index contributed by atoms with van der Waals surface area (Å²) >= 11 is 2.11. The van der Waals surface area contributed by atoms with E-state index in [1.807, 2.05) is 0 Å². The van der Waals surface area contributed by atoms with Crippen molar-refractivity contribution in [3.8, 4) is 0 Å². The molecule has 192 valence electrons. The monoisotopic (exact) mass is 510 g/mol. The maximum Gasteiger partial charge on any atom is 0.419 e. The number of hydrogen-bond donors (Lipinski definition) is 0. The number of alkyl halides is 3. The fourth-order valence-electron chi connectivity index (χ4n) is 4.42. The maximum absolute atomic E-state index is 12.8. The van der Waals surface area contributed by atoms with E-state index in [4.69, 9.17) is 4.98 Å².